The number of aryl methyl sites for hydroxylation is 2. The number of fused-ring (bicyclic) bond motifs is 1. The quantitative estimate of drug-likeness (QED) is 0.560. The van der Waals surface area contributed by atoms with Crippen molar-refractivity contribution < 1.29 is 8.78 Å². The summed E-state index contributed by atoms with van der Waals surface area (Å²) in [4.78, 5) is 17.2. The lowest BCUT2D eigenvalue weighted by Crippen LogP contribution is -2.13. The van der Waals surface area contributed by atoms with E-state index in [-0.39, 0.29) is 17.2 Å². The summed E-state index contributed by atoms with van der Waals surface area (Å²) in [5.41, 5.74) is 4.49. The molecule has 1 aliphatic carbocycles. The average molecular weight is 395 g/mol. The molecule has 0 spiro atoms. The van der Waals surface area contributed by atoms with Crippen molar-refractivity contribution in [3.63, 3.8) is 0 Å². The number of hydrogen-bond donors (Lipinski definition) is 1. The maximum atomic E-state index is 13.6. The van der Waals surface area contributed by atoms with Gasteiger partial charge in [0.1, 0.15) is 5.69 Å². The highest BCUT2D eigenvalue weighted by atomic mass is 19.3. The molecule has 3 aromatic heterocycles. The van der Waals surface area contributed by atoms with E-state index in [9.17, 15) is 13.6 Å². The van der Waals surface area contributed by atoms with Gasteiger partial charge < -0.3 is 0 Å². The largest absolute Gasteiger partial charge is 0.290 e. The highest BCUT2D eigenvalue weighted by Crippen LogP contribution is 2.40. The fourth-order valence-electron chi connectivity index (χ4n) is 3.53. The maximum Gasteiger partial charge on any atom is 0.280 e. The summed E-state index contributed by atoms with van der Waals surface area (Å²) < 4.78 is 29.8. The second-order valence-corrected chi connectivity index (χ2v) is 7.59. The van der Waals surface area contributed by atoms with E-state index < -0.39 is 6.43 Å². The lowest BCUT2D eigenvalue weighted by atomic mass is 10.1. The highest BCUT2D eigenvalue weighted by Gasteiger charge is 2.28. The van der Waals surface area contributed by atoms with Gasteiger partial charge in [0, 0.05) is 17.7 Å². The first-order valence-electron chi connectivity index (χ1n) is 9.49. The smallest absolute Gasteiger partial charge is 0.280 e. The SMILES string of the molecule is Cc1ccc(-n2[nH]c(-c3cnn4c(C(F)F)cc(C5CC5)nc34)cc2=O)cc1C. The van der Waals surface area contributed by atoms with Gasteiger partial charge in [-0.25, -0.2) is 23.0 Å². The molecule has 148 valence electrons. The molecular weight excluding hydrogens is 376 g/mol. The number of halogens is 2. The molecule has 1 fully saturated rings. The molecule has 0 saturated heterocycles. The van der Waals surface area contributed by atoms with Gasteiger partial charge >= 0.3 is 0 Å². The van der Waals surface area contributed by atoms with Gasteiger partial charge in [0.15, 0.2) is 5.65 Å². The number of aromatic amines is 1. The van der Waals surface area contributed by atoms with Crippen LogP contribution in [-0.2, 0) is 0 Å². The lowest BCUT2D eigenvalue weighted by Gasteiger charge is -2.07. The predicted octanol–water partition coefficient (Wildman–Crippen LogP) is 4.31. The van der Waals surface area contributed by atoms with Crippen LogP contribution in [0, 0.1) is 13.8 Å². The molecule has 0 atom stereocenters. The molecule has 1 aliphatic rings. The van der Waals surface area contributed by atoms with Crippen LogP contribution in [0.25, 0.3) is 22.6 Å². The zero-order chi connectivity index (χ0) is 20.3. The van der Waals surface area contributed by atoms with Crippen molar-refractivity contribution in [2.24, 2.45) is 0 Å². The van der Waals surface area contributed by atoms with E-state index in [0.717, 1.165) is 28.5 Å². The lowest BCUT2D eigenvalue weighted by molar-refractivity contribution is 0.143. The summed E-state index contributed by atoms with van der Waals surface area (Å²) in [5.74, 6) is 0.222. The number of rotatable bonds is 4. The summed E-state index contributed by atoms with van der Waals surface area (Å²) in [6.07, 6.45) is 0.718. The maximum absolute atomic E-state index is 13.6. The fourth-order valence-corrected chi connectivity index (χ4v) is 3.53. The Morgan fingerprint density at radius 3 is 2.62 bits per heavy atom. The molecule has 6 nitrogen and oxygen atoms in total. The van der Waals surface area contributed by atoms with Crippen LogP contribution in [0.5, 0.6) is 0 Å². The minimum absolute atomic E-state index is 0.181. The Balaban J connectivity index is 1.66. The topological polar surface area (TPSA) is 68.0 Å². The van der Waals surface area contributed by atoms with E-state index in [4.69, 9.17) is 0 Å². The normalized spacial score (nSPS) is 14.2. The highest BCUT2D eigenvalue weighted by molar-refractivity contribution is 5.74. The number of H-pyrrole nitrogens is 1. The zero-order valence-corrected chi connectivity index (χ0v) is 16.0. The second-order valence-electron chi connectivity index (χ2n) is 7.59. The van der Waals surface area contributed by atoms with Crippen molar-refractivity contribution in [1.82, 2.24) is 24.4 Å². The molecule has 0 radical (unpaired) electrons. The van der Waals surface area contributed by atoms with Crippen LogP contribution >= 0.6 is 0 Å². The van der Waals surface area contributed by atoms with Crippen LogP contribution in [0.3, 0.4) is 0 Å². The summed E-state index contributed by atoms with van der Waals surface area (Å²) >= 11 is 0. The second kappa shape index (κ2) is 6.37. The molecule has 1 aromatic carbocycles. The van der Waals surface area contributed by atoms with E-state index in [1.807, 2.05) is 32.0 Å². The summed E-state index contributed by atoms with van der Waals surface area (Å²) in [7, 11) is 0. The van der Waals surface area contributed by atoms with Crippen LogP contribution in [0.1, 0.15) is 47.7 Å². The molecule has 1 saturated carbocycles. The molecule has 0 amide bonds. The van der Waals surface area contributed by atoms with E-state index in [0.29, 0.717) is 28.3 Å². The fraction of sp³-hybridized carbons (Fsp3) is 0.286. The van der Waals surface area contributed by atoms with Crippen LogP contribution in [0.2, 0.25) is 0 Å². The third-order valence-corrected chi connectivity index (χ3v) is 5.50. The first-order valence-corrected chi connectivity index (χ1v) is 9.49. The van der Waals surface area contributed by atoms with Crippen molar-refractivity contribution >= 4 is 5.65 Å². The van der Waals surface area contributed by atoms with E-state index >= 15 is 0 Å². The summed E-state index contributed by atoms with van der Waals surface area (Å²) in [6.45, 7) is 3.99. The molecule has 8 heteroatoms. The standard InChI is InChI=1S/C21H19F2N5O/c1-11-3-6-14(7-12(11)2)27-19(29)9-17(26-27)15-10-24-28-18(20(22)23)8-16(13-4-5-13)25-21(15)28/h3,6-10,13,20,26H,4-5H2,1-2H3. The van der Waals surface area contributed by atoms with Crippen molar-refractivity contribution in [2.75, 3.05) is 0 Å². The molecular formula is C21H19F2N5O. The molecule has 5 rings (SSSR count). The van der Waals surface area contributed by atoms with Crippen molar-refractivity contribution in [2.45, 2.75) is 39.0 Å². The molecule has 4 aromatic rings. The Morgan fingerprint density at radius 1 is 1.14 bits per heavy atom. The molecule has 0 unspecified atom stereocenters. The van der Waals surface area contributed by atoms with Gasteiger partial charge in [0.2, 0.25) is 0 Å². The number of alkyl halides is 2. The van der Waals surface area contributed by atoms with Gasteiger partial charge in [-0.3, -0.25) is 9.89 Å². The van der Waals surface area contributed by atoms with E-state index in [1.165, 1.54) is 23.0 Å². The number of benzene rings is 1. The Bertz CT molecular complexity index is 1300. The Hall–Kier alpha value is -3.29. The number of nitrogens with one attached hydrogen (secondary N) is 1. The van der Waals surface area contributed by atoms with Crippen molar-refractivity contribution in [1.29, 1.82) is 0 Å². The molecule has 3 heterocycles. The van der Waals surface area contributed by atoms with Gasteiger partial charge in [-0.15, -0.1) is 0 Å². The minimum Gasteiger partial charge on any atom is -0.290 e. The number of hydrogen-bond acceptors (Lipinski definition) is 3. The van der Waals surface area contributed by atoms with E-state index in [1.54, 1.807) is 0 Å². The van der Waals surface area contributed by atoms with Gasteiger partial charge in [-0.2, -0.15) is 5.10 Å². The van der Waals surface area contributed by atoms with Gasteiger partial charge in [0.05, 0.1) is 23.1 Å². The molecule has 1 N–H and O–H groups in total. The Kier molecular flexibility index (Phi) is 3.90. The Morgan fingerprint density at radius 2 is 1.93 bits per heavy atom. The monoisotopic (exact) mass is 395 g/mol. The third-order valence-electron chi connectivity index (χ3n) is 5.50. The first kappa shape index (κ1) is 17.8. The van der Waals surface area contributed by atoms with Crippen LogP contribution in [-0.4, -0.2) is 24.4 Å². The minimum atomic E-state index is -2.66. The predicted molar refractivity (Wildman–Crippen MR) is 105 cm³/mol. The number of aromatic nitrogens is 5. The molecule has 0 aliphatic heterocycles. The number of nitrogens with zero attached hydrogens (tertiary/aromatic N) is 4. The third kappa shape index (κ3) is 2.95. The van der Waals surface area contributed by atoms with E-state index in [2.05, 4.69) is 15.2 Å². The summed E-state index contributed by atoms with van der Waals surface area (Å²) in [5, 5.41) is 7.19. The van der Waals surface area contributed by atoms with Gasteiger partial charge in [0.25, 0.3) is 12.0 Å². The van der Waals surface area contributed by atoms with Crippen molar-refractivity contribution in [3.8, 4) is 16.9 Å². The first-order chi connectivity index (χ1) is 13.9. The van der Waals surface area contributed by atoms with Crippen LogP contribution in [0.15, 0.2) is 41.3 Å². The van der Waals surface area contributed by atoms with Crippen LogP contribution in [0.4, 0.5) is 8.78 Å². The van der Waals surface area contributed by atoms with Crippen molar-refractivity contribution in [3.05, 3.63) is 69.4 Å². The molecule has 0 bridgehead atoms. The molecule has 29 heavy (non-hydrogen) atoms. The van der Waals surface area contributed by atoms with Gasteiger partial charge in [-0.05, 0) is 56.0 Å². The average Bonchev–Trinajstić information content (AvgIpc) is 3.35. The van der Waals surface area contributed by atoms with Crippen LogP contribution < -0.4 is 5.56 Å². The Labute approximate surface area is 164 Å². The zero-order valence-electron chi connectivity index (χ0n) is 16.0. The summed E-state index contributed by atoms with van der Waals surface area (Å²) in [6, 6.07) is 8.62. The van der Waals surface area contributed by atoms with Gasteiger partial charge in [-0.1, -0.05) is 6.07 Å².